The Morgan fingerprint density at radius 2 is 2.14 bits per heavy atom. The Kier molecular flexibility index (Phi) is 3.66. The summed E-state index contributed by atoms with van der Waals surface area (Å²) in [6.45, 7) is 4.48. The fourth-order valence-electron chi connectivity index (χ4n) is 2.09. The normalized spacial score (nSPS) is 10.8. The summed E-state index contributed by atoms with van der Waals surface area (Å²) in [5, 5.41) is 4.80. The van der Waals surface area contributed by atoms with Crippen LogP contribution in [0.3, 0.4) is 0 Å². The number of fused-ring (bicyclic) bond motifs is 1. The summed E-state index contributed by atoms with van der Waals surface area (Å²) in [6, 6.07) is 9.33. The highest BCUT2D eigenvalue weighted by Crippen LogP contribution is 2.17. The predicted octanol–water partition coefficient (Wildman–Crippen LogP) is 3.24. The standard InChI is InChI=1S/C16H15N3OS/c1-10-11(2)21-15(19-10)9-18-16(20)13-5-6-14-12(8-13)4-3-7-17-14/h3-8H,9H2,1-2H3,(H,18,20). The number of nitrogens with one attached hydrogen (secondary N) is 1. The number of pyridine rings is 1. The maximum absolute atomic E-state index is 12.2. The fraction of sp³-hybridized carbons (Fsp3) is 0.188. The van der Waals surface area contributed by atoms with Crippen LogP contribution < -0.4 is 5.32 Å². The summed E-state index contributed by atoms with van der Waals surface area (Å²) >= 11 is 1.62. The van der Waals surface area contributed by atoms with Gasteiger partial charge in [0.2, 0.25) is 0 Å². The van der Waals surface area contributed by atoms with Crippen LogP contribution in [0.15, 0.2) is 36.5 Å². The van der Waals surface area contributed by atoms with E-state index < -0.39 is 0 Å². The van der Waals surface area contributed by atoms with Crippen molar-refractivity contribution in [1.29, 1.82) is 0 Å². The first-order valence-electron chi connectivity index (χ1n) is 6.69. The SMILES string of the molecule is Cc1nc(CNC(=O)c2ccc3ncccc3c2)sc1C. The van der Waals surface area contributed by atoms with Gasteiger partial charge in [0.1, 0.15) is 5.01 Å². The van der Waals surface area contributed by atoms with E-state index in [2.05, 4.69) is 15.3 Å². The van der Waals surface area contributed by atoms with Crippen molar-refractivity contribution >= 4 is 28.1 Å². The van der Waals surface area contributed by atoms with Gasteiger partial charge in [0.05, 0.1) is 17.8 Å². The van der Waals surface area contributed by atoms with Crippen LogP contribution in [0, 0.1) is 13.8 Å². The number of hydrogen-bond donors (Lipinski definition) is 1. The topological polar surface area (TPSA) is 54.9 Å². The predicted molar refractivity (Wildman–Crippen MR) is 84.5 cm³/mol. The summed E-state index contributed by atoms with van der Waals surface area (Å²) in [5.74, 6) is -0.0914. The minimum Gasteiger partial charge on any atom is -0.346 e. The van der Waals surface area contributed by atoms with E-state index in [4.69, 9.17) is 0 Å². The minimum atomic E-state index is -0.0914. The molecule has 1 N–H and O–H groups in total. The molecule has 5 heteroatoms. The maximum atomic E-state index is 12.2. The average Bonchev–Trinajstić information content (AvgIpc) is 2.83. The average molecular weight is 297 g/mol. The highest BCUT2D eigenvalue weighted by molar-refractivity contribution is 7.11. The molecule has 0 unspecified atom stereocenters. The molecule has 0 fully saturated rings. The summed E-state index contributed by atoms with van der Waals surface area (Å²) in [4.78, 5) is 22.1. The van der Waals surface area contributed by atoms with Crippen molar-refractivity contribution in [3.05, 3.63) is 57.7 Å². The molecule has 0 radical (unpaired) electrons. The van der Waals surface area contributed by atoms with Gasteiger partial charge in [-0.3, -0.25) is 9.78 Å². The Labute approximate surface area is 126 Å². The lowest BCUT2D eigenvalue weighted by Gasteiger charge is -2.04. The fourth-order valence-corrected chi connectivity index (χ4v) is 2.96. The first-order valence-corrected chi connectivity index (χ1v) is 7.51. The van der Waals surface area contributed by atoms with E-state index in [0.717, 1.165) is 21.6 Å². The van der Waals surface area contributed by atoms with Crippen molar-refractivity contribution in [2.24, 2.45) is 0 Å². The van der Waals surface area contributed by atoms with E-state index in [1.807, 2.05) is 38.1 Å². The molecule has 0 aliphatic rings. The lowest BCUT2D eigenvalue weighted by atomic mass is 10.1. The van der Waals surface area contributed by atoms with E-state index in [-0.39, 0.29) is 5.91 Å². The van der Waals surface area contributed by atoms with Crippen LogP contribution in [0.4, 0.5) is 0 Å². The first-order chi connectivity index (χ1) is 10.1. The van der Waals surface area contributed by atoms with Gasteiger partial charge in [-0.2, -0.15) is 0 Å². The van der Waals surface area contributed by atoms with Gasteiger partial charge in [0.25, 0.3) is 5.91 Å². The molecule has 2 aromatic heterocycles. The Hall–Kier alpha value is -2.27. The summed E-state index contributed by atoms with van der Waals surface area (Å²) in [5.41, 5.74) is 2.56. The van der Waals surface area contributed by atoms with E-state index in [1.165, 1.54) is 4.88 Å². The second kappa shape index (κ2) is 5.61. The van der Waals surface area contributed by atoms with Crippen LogP contribution >= 0.6 is 11.3 Å². The number of aromatic nitrogens is 2. The zero-order chi connectivity index (χ0) is 14.8. The summed E-state index contributed by atoms with van der Waals surface area (Å²) in [6.07, 6.45) is 1.75. The van der Waals surface area contributed by atoms with Gasteiger partial charge in [-0.15, -0.1) is 11.3 Å². The molecule has 106 valence electrons. The minimum absolute atomic E-state index is 0.0914. The highest BCUT2D eigenvalue weighted by atomic mass is 32.1. The number of carbonyl (C=O) groups is 1. The zero-order valence-electron chi connectivity index (χ0n) is 11.9. The molecule has 21 heavy (non-hydrogen) atoms. The summed E-state index contributed by atoms with van der Waals surface area (Å²) in [7, 11) is 0. The molecule has 2 heterocycles. The molecule has 3 rings (SSSR count). The number of aryl methyl sites for hydroxylation is 2. The van der Waals surface area contributed by atoms with Gasteiger partial charge < -0.3 is 5.32 Å². The van der Waals surface area contributed by atoms with Crippen molar-refractivity contribution in [2.75, 3.05) is 0 Å². The zero-order valence-corrected chi connectivity index (χ0v) is 12.7. The molecule has 0 aliphatic heterocycles. The van der Waals surface area contributed by atoms with Gasteiger partial charge in [-0.25, -0.2) is 4.98 Å². The van der Waals surface area contributed by atoms with Gasteiger partial charge >= 0.3 is 0 Å². The van der Waals surface area contributed by atoms with Crippen LogP contribution in [0.1, 0.15) is 25.9 Å². The molecule has 3 aromatic rings. The van der Waals surface area contributed by atoms with Crippen LogP contribution in [0.25, 0.3) is 10.9 Å². The lowest BCUT2D eigenvalue weighted by molar-refractivity contribution is 0.0951. The lowest BCUT2D eigenvalue weighted by Crippen LogP contribution is -2.22. The molecule has 4 nitrogen and oxygen atoms in total. The second-order valence-electron chi connectivity index (χ2n) is 4.84. The van der Waals surface area contributed by atoms with Crippen molar-refractivity contribution in [3.63, 3.8) is 0 Å². The molecule has 0 bridgehead atoms. The molecule has 0 saturated heterocycles. The molecule has 0 spiro atoms. The van der Waals surface area contributed by atoms with Crippen LogP contribution in [-0.4, -0.2) is 15.9 Å². The molecule has 0 saturated carbocycles. The van der Waals surface area contributed by atoms with Crippen molar-refractivity contribution < 1.29 is 4.79 Å². The smallest absolute Gasteiger partial charge is 0.251 e. The third kappa shape index (κ3) is 2.92. The number of rotatable bonds is 3. The summed E-state index contributed by atoms with van der Waals surface area (Å²) < 4.78 is 0. The highest BCUT2D eigenvalue weighted by Gasteiger charge is 2.09. The molecule has 1 aromatic carbocycles. The Morgan fingerprint density at radius 1 is 1.29 bits per heavy atom. The first kappa shape index (κ1) is 13.7. The van der Waals surface area contributed by atoms with Gasteiger partial charge in [-0.05, 0) is 38.1 Å². The Balaban J connectivity index is 1.74. The third-order valence-electron chi connectivity index (χ3n) is 3.34. The molecule has 1 amide bonds. The molecule has 0 aliphatic carbocycles. The number of nitrogens with zero attached hydrogens (tertiary/aromatic N) is 2. The van der Waals surface area contributed by atoms with E-state index in [0.29, 0.717) is 12.1 Å². The Morgan fingerprint density at radius 3 is 2.90 bits per heavy atom. The number of benzene rings is 1. The molecular weight excluding hydrogens is 282 g/mol. The number of hydrogen-bond acceptors (Lipinski definition) is 4. The monoisotopic (exact) mass is 297 g/mol. The number of carbonyl (C=O) groups excluding carboxylic acids is 1. The molecule has 0 atom stereocenters. The maximum Gasteiger partial charge on any atom is 0.251 e. The quantitative estimate of drug-likeness (QED) is 0.807. The number of thiazole rings is 1. The Bertz CT molecular complexity index is 791. The van der Waals surface area contributed by atoms with E-state index >= 15 is 0 Å². The van der Waals surface area contributed by atoms with Gasteiger partial charge in [0.15, 0.2) is 0 Å². The van der Waals surface area contributed by atoms with E-state index in [9.17, 15) is 4.79 Å². The van der Waals surface area contributed by atoms with Gasteiger partial charge in [0, 0.05) is 22.0 Å². The van der Waals surface area contributed by atoms with Crippen LogP contribution in [0.2, 0.25) is 0 Å². The van der Waals surface area contributed by atoms with E-state index in [1.54, 1.807) is 23.6 Å². The van der Waals surface area contributed by atoms with Crippen molar-refractivity contribution in [1.82, 2.24) is 15.3 Å². The van der Waals surface area contributed by atoms with Crippen molar-refractivity contribution in [3.8, 4) is 0 Å². The molecular formula is C16H15N3OS. The van der Waals surface area contributed by atoms with Crippen LogP contribution in [-0.2, 0) is 6.54 Å². The van der Waals surface area contributed by atoms with Crippen LogP contribution in [0.5, 0.6) is 0 Å². The largest absolute Gasteiger partial charge is 0.346 e. The third-order valence-corrected chi connectivity index (χ3v) is 4.41. The number of amides is 1. The second-order valence-corrected chi connectivity index (χ2v) is 6.13. The van der Waals surface area contributed by atoms with Gasteiger partial charge in [-0.1, -0.05) is 6.07 Å². The van der Waals surface area contributed by atoms with Crippen molar-refractivity contribution in [2.45, 2.75) is 20.4 Å².